The number of benzene rings is 2. The molecule has 7 heteroatoms. The van der Waals surface area contributed by atoms with Crippen molar-refractivity contribution in [3.8, 4) is 17.2 Å². The molecule has 0 saturated carbocycles. The van der Waals surface area contributed by atoms with Gasteiger partial charge in [0.2, 0.25) is 5.88 Å². The van der Waals surface area contributed by atoms with E-state index in [0.29, 0.717) is 23.2 Å². The molecular formula is C23H24F3N3O. The van der Waals surface area contributed by atoms with Crippen LogP contribution in [0, 0.1) is 17.2 Å². The topological polar surface area (TPSA) is 50.5 Å². The van der Waals surface area contributed by atoms with Gasteiger partial charge in [-0.3, -0.25) is 5.01 Å². The number of hydrogen-bond acceptors (Lipinski definition) is 4. The average molecular weight is 415 g/mol. The zero-order chi connectivity index (χ0) is 22.1. The van der Waals surface area contributed by atoms with E-state index in [0.717, 1.165) is 16.1 Å². The van der Waals surface area contributed by atoms with Crippen molar-refractivity contribution in [3.63, 3.8) is 0 Å². The number of aliphatic hydroxyl groups excluding tert-OH is 1. The number of nitrogens with zero attached hydrogens (tertiary/aromatic N) is 3. The minimum Gasteiger partial charge on any atom is -0.493 e. The number of anilines is 1. The highest BCUT2D eigenvalue weighted by Crippen LogP contribution is 2.38. The van der Waals surface area contributed by atoms with Crippen LogP contribution >= 0.6 is 0 Å². The fourth-order valence-corrected chi connectivity index (χ4v) is 3.80. The first-order valence-electron chi connectivity index (χ1n) is 9.75. The van der Waals surface area contributed by atoms with Crippen LogP contribution in [0.15, 0.2) is 60.0 Å². The summed E-state index contributed by atoms with van der Waals surface area (Å²) in [5.74, 6) is -0.121. The van der Waals surface area contributed by atoms with Crippen molar-refractivity contribution >= 4 is 5.69 Å². The molecule has 0 radical (unpaired) electrons. The van der Waals surface area contributed by atoms with Gasteiger partial charge in [0.15, 0.2) is 0 Å². The van der Waals surface area contributed by atoms with Crippen molar-refractivity contribution < 1.29 is 18.3 Å². The van der Waals surface area contributed by atoms with E-state index in [4.69, 9.17) is 0 Å². The lowest BCUT2D eigenvalue weighted by molar-refractivity contribution is -0.146. The first-order chi connectivity index (χ1) is 14.1. The van der Waals surface area contributed by atoms with Crippen LogP contribution in [0.25, 0.3) is 11.1 Å². The average Bonchev–Trinajstić information content (AvgIpc) is 2.91. The van der Waals surface area contributed by atoms with Crippen molar-refractivity contribution in [1.29, 1.82) is 5.26 Å². The van der Waals surface area contributed by atoms with Gasteiger partial charge in [-0.05, 0) is 48.6 Å². The second-order valence-electron chi connectivity index (χ2n) is 7.87. The molecule has 2 aromatic carbocycles. The first kappa shape index (κ1) is 21.6. The van der Waals surface area contributed by atoms with Gasteiger partial charge < -0.3 is 5.11 Å². The first-order valence-corrected chi connectivity index (χ1v) is 9.75. The number of hydrogen-bond donors (Lipinski definition) is 1. The van der Waals surface area contributed by atoms with E-state index < -0.39 is 12.7 Å². The lowest BCUT2D eigenvalue weighted by atomic mass is 9.97. The third-order valence-electron chi connectivity index (χ3n) is 5.17. The van der Waals surface area contributed by atoms with Crippen LogP contribution in [-0.4, -0.2) is 28.9 Å². The summed E-state index contributed by atoms with van der Waals surface area (Å²) in [7, 11) is 0. The molecule has 3 rings (SSSR count). The summed E-state index contributed by atoms with van der Waals surface area (Å²) in [4.78, 5) is 0. The summed E-state index contributed by atoms with van der Waals surface area (Å²) >= 11 is 0. The molecule has 1 unspecified atom stereocenters. The molecule has 30 heavy (non-hydrogen) atoms. The summed E-state index contributed by atoms with van der Waals surface area (Å²) in [6, 6.07) is 16.0. The Bertz CT molecular complexity index is 974. The SMILES string of the molecule is CC1=C(O)N(CC(F)(F)F)N(c2ccc(-c3ccccc3C#N)cc2)C1CC(C)C. The maximum absolute atomic E-state index is 13.2. The largest absolute Gasteiger partial charge is 0.493 e. The van der Waals surface area contributed by atoms with Gasteiger partial charge in [-0.1, -0.05) is 44.2 Å². The van der Waals surface area contributed by atoms with E-state index in [1.54, 1.807) is 43.3 Å². The predicted molar refractivity (Wildman–Crippen MR) is 110 cm³/mol. The molecule has 0 spiro atoms. The highest BCUT2D eigenvalue weighted by atomic mass is 19.4. The predicted octanol–water partition coefficient (Wildman–Crippen LogP) is 6.03. The summed E-state index contributed by atoms with van der Waals surface area (Å²) in [5, 5.41) is 22.2. The molecule has 0 aromatic heterocycles. The molecule has 1 atom stereocenters. The lowest BCUT2D eigenvalue weighted by Crippen LogP contribution is -2.47. The molecule has 158 valence electrons. The number of aliphatic hydroxyl groups is 1. The van der Waals surface area contributed by atoms with E-state index in [9.17, 15) is 23.5 Å². The summed E-state index contributed by atoms with van der Waals surface area (Å²) < 4.78 is 39.7. The summed E-state index contributed by atoms with van der Waals surface area (Å²) in [6.45, 7) is 4.39. The zero-order valence-corrected chi connectivity index (χ0v) is 17.1. The van der Waals surface area contributed by atoms with Crippen LogP contribution in [-0.2, 0) is 0 Å². The van der Waals surface area contributed by atoms with Crippen LogP contribution in [0.5, 0.6) is 0 Å². The molecule has 1 heterocycles. The Kier molecular flexibility index (Phi) is 5.97. The highest BCUT2D eigenvalue weighted by molar-refractivity contribution is 5.72. The Morgan fingerprint density at radius 2 is 1.73 bits per heavy atom. The lowest BCUT2D eigenvalue weighted by Gasteiger charge is -2.37. The molecule has 0 amide bonds. The summed E-state index contributed by atoms with van der Waals surface area (Å²) in [5.41, 5.74) is 3.15. The Hall–Kier alpha value is -3.14. The third kappa shape index (κ3) is 4.38. The van der Waals surface area contributed by atoms with Crippen LogP contribution in [0.2, 0.25) is 0 Å². The van der Waals surface area contributed by atoms with Crippen molar-refractivity contribution in [3.05, 3.63) is 65.6 Å². The highest BCUT2D eigenvalue weighted by Gasteiger charge is 2.43. The van der Waals surface area contributed by atoms with Crippen LogP contribution in [0.3, 0.4) is 0 Å². The van der Waals surface area contributed by atoms with E-state index in [2.05, 4.69) is 6.07 Å². The molecule has 4 nitrogen and oxygen atoms in total. The Labute approximate surface area is 174 Å². The number of alkyl halides is 3. The Morgan fingerprint density at radius 1 is 1.10 bits per heavy atom. The molecule has 0 fully saturated rings. The summed E-state index contributed by atoms with van der Waals surface area (Å²) in [6.07, 6.45) is -3.87. The van der Waals surface area contributed by atoms with E-state index >= 15 is 0 Å². The number of rotatable bonds is 5. The molecule has 2 aromatic rings. The van der Waals surface area contributed by atoms with Crippen molar-refractivity contribution in [2.24, 2.45) is 5.92 Å². The minimum atomic E-state index is -4.47. The molecule has 1 aliphatic heterocycles. The fourth-order valence-electron chi connectivity index (χ4n) is 3.80. The van der Waals surface area contributed by atoms with Crippen LogP contribution in [0.1, 0.15) is 32.8 Å². The van der Waals surface area contributed by atoms with Crippen molar-refractivity contribution in [2.75, 3.05) is 11.6 Å². The van der Waals surface area contributed by atoms with E-state index in [-0.39, 0.29) is 17.8 Å². The van der Waals surface area contributed by atoms with Gasteiger partial charge >= 0.3 is 6.18 Å². The maximum Gasteiger partial charge on any atom is 0.408 e. The molecule has 1 N–H and O–H groups in total. The molecule has 1 aliphatic rings. The zero-order valence-electron chi connectivity index (χ0n) is 17.1. The van der Waals surface area contributed by atoms with Gasteiger partial charge in [-0.25, -0.2) is 5.01 Å². The molecular weight excluding hydrogens is 391 g/mol. The number of nitriles is 1. The van der Waals surface area contributed by atoms with Gasteiger partial charge in [0.05, 0.1) is 23.4 Å². The van der Waals surface area contributed by atoms with Crippen LogP contribution < -0.4 is 5.01 Å². The molecule has 0 aliphatic carbocycles. The fraction of sp³-hybridized carbons (Fsp3) is 0.348. The van der Waals surface area contributed by atoms with E-state index in [1.807, 2.05) is 26.0 Å². The van der Waals surface area contributed by atoms with Gasteiger partial charge in [0, 0.05) is 5.57 Å². The normalized spacial score (nSPS) is 17.1. The molecule has 0 saturated heterocycles. The maximum atomic E-state index is 13.2. The molecule has 0 bridgehead atoms. The second-order valence-corrected chi connectivity index (χ2v) is 7.87. The third-order valence-corrected chi connectivity index (χ3v) is 5.17. The van der Waals surface area contributed by atoms with Crippen molar-refractivity contribution in [1.82, 2.24) is 5.01 Å². The Balaban J connectivity index is 2.00. The Morgan fingerprint density at radius 3 is 2.30 bits per heavy atom. The van der Waals surface area contributed by atoms with Gasteiger partial charge in [-0.2, -0.15) is 18.4 Å². The standard InChI is InChI=1S/C23H24F3N3O/c1-15(2)12-21-16(3)22(30)28(14-23(24,25)26)29(21)19-10-8-17(9-11-19)20-7-5-4-6-18(20)13-27/h4-11,15,21,30H,12,14H2,1-3H3. The number of hydrazine groups is 1. The smallest absolute Gasteiger partial charge is 0.408 e. The minimum absolute atomic E-state index is 0.230. The van der Waals surface area contributed by atoms with Crippen molar-refractivity contribution in [2.45, 2.75) is 39.4 Å². The quantitative estimate of drug-likeness (QED) is 0.648. The number of halogens is 3. The van der Waals surface area contributed by atoms with Crippen LogP contribution in [0.4, 0.5) is 18.9 Å². The van der Waals surface area contributed by atoms with Gasteiger partial charge in [0.1, 0.15) is 6.54 Å². The van der Waals surface area contributed by atoms with Gasteiger partial charge in [-0.15, -0.1) is 0 Å². The van der Waals surface area contributed by atoms with Gasteiger partial charge in [0.25, 0.3) is 0 Å². The second kappa shape index (κ2) is 8.31. The van der Waals surface area contributed by atoms with E-state index in [1.165, 1.54) is 5.01 Å². The monoisotopic (exact) mass is 415 g/mol.